The third-order valence-corrected chi connectivity index (χ3v) is 4.12. The van der Waals surface area contributed by atoms with E-state index in [1.807, 2.05) is 18.2 Å². The van der Waals surface area contributed by atoms with E-state index in [0.29, 0.717) is 5.92 Å². The molecule has 3 nitrogen and oxygen atoms in total. The number of halogens is 1. The maximum absolute atomic E-state index is 9.24. The lowest BCUT2D eigenvalue weighted by molar-refractivity contribution is 0.139. The first-order valence-electron chi connectivity index (χ1n) is 6.18. The van der Waals surface area contributed by atoms with Crippen molar-refractivity contribution in [2.75, 3.05) is 31.7 Å². The van der Waals surface area contributed by atoms with Crippen LogP contribution in [0.1, 0.15) is 18.4 Å². The Morgan fingerprint density at radius 3 is 2.78 bits per heavy atom. The Hall–Kier alpha value is -1.05. The highest BCUT2D eigenvalue weighted by Crippen LogP contribution is 2.30. The fourth-order valence-electron chi connectivity index (χ4n) is 2.46. The van der Waals surface area contributed by atoms with Crippen LogP contribution in [0.2, 0.25) is 0 Å². The standard InChI is InChI=1S/C14H17BrN2O/c1-18-10-11-5-7-17(8-6-11)14-4-2-3-13(15)12(14)9-16/h2-4,11H,5-8,10H2,1H3. The Labute approximate surface area is 116 Å². The van der Waals surface area contributed by atoms with Crippen LogP contribution >= 0.6 is 15.9 Å². The summed E-state index contributed by atoms with van der Waals surface area (Å²) < 4.78 is 6.08. The average molecular weight is 309 g/mol. The van der Waals surface area contributed by atoms with Crippen molar-refractivity contribution in [3.8, 4) is 6.07 Å². The van der Waals surface area contributed by atoms with Gasteiger partial charge in [-0.3, -0.25) is 0 Å². The van der Waals surface area contributed by atoms with Crippen molar-refractivity contribution in [1.82, 2.24) is 0 Å². The molecule has 0 radical (unpaired) electrons. The van der Waals surface area contributed by atoms with Crippen LogP contribution in [0, 0.1) is 17.2 Å². The molecule has 1 heterocycles. The first kappa shape index (κ1) is 13.4. The second-order valence-electron chi connectivity index (χ2n) is 4.63. The highest BCUT2D eigenvalue weighted by atomic mass is 79.9. The zero-order valence-electron chi connectivity index (χ0n) is 10.5. The summed E-state index contributed by atoms with van der Waals surface area (Å²) in [6.07, 6.45) is 2.26. The average Bonchev–Trinajstić information content (AvgIpc) is 2.40. The number of piperidine rings is 1. The monoisotopic (exact) mass is 308 g/mol. The molecule has 1 saturated heterocycles. The predicted molar refractivity (Wildman–Crippen MR) is 75.7 cm³/mol. The molecule has 0 unspecified atom stereocenters. The molecular formula is C14H17BrN2O. The zero-order chi connectivity index (χ0) is 13.0. The molecular weight excluding hydrogens is 292 g/mol. The number of ether oxygens (including phenoxy) is 1. The summed E-state index contributed by atoms with van der Waals surface area (Å²) in [5.74, 6) is 0.656. The second-order valence-corrected chi connectivity index (χ2v) is 5.49. The largest absolute Gasteiger partial charge is 0.384 e. The topological polar surface area (TPSA) is 36.3 Å². The van der Waals surface area contributed by atoms with Gasteiger partial charge in [-0.05, 0) is 46.8 Å². The lowest BCUT2D eigenvalue weighted by Gasteiger charge is -2.33. The van der Waals surface area contributed by atoms with Crippen molar-refractivity contribution in [2.45, 2.75) is 12.8 Å². The van der Waals surface area contributed by atoms with Gasteiger partial charge in [-0.25, -0.2) is 0 Å². The summed E-state index contributed by atoms with van der Waals surface area (Å²) in [5, 5.41) is 9.24. The summed E-state index contributed by atoms with van der Waals surface area (Å²) in [6.45, 7) is 2.84. The highest BCUT2D eigenvalue weighted by molar-refractivity contribution is 9.10. The lowest BCUT2D eigenvalue weighted by atomic mass is 9.97. The number of rotatable bonds is 3. The van der Waals surface area contributed by atoms with Gasteiger partial charge in [0.05, 0.1) is 11.3 Å². The number of hydrogen-bond donors (Lipinski definition) is 0. The number of hydrogen-bond acceptors (Lipinski definition) is 3. The maximum Gasteiger partial charge on any atom is 0.103 e. The van der Waals surface area contributed by atoms with Gasteiger partial charge in [0.15, 0.2) is 0 Å². The minimum atomic E-state index is 0.656. The van der Waals surface area contributed by atoms with Crippen molar-refractivity contribution in [2.24, 2.45) is 5.92 Å². The summed E-state index contributed by atoms with van der Waals surface area (Å²) in [4.78, 5) is 2.30. The van der Waals surface area contributed by atoms with Crippen molar-refractivity contribution in [3.63, 3.8) is 0 Å². The van der Waals surface area contributed by atoms with Crippen molar-refractivity contribution in [3.05, 3.63) is 28.2 Å². The summed E-state index contributed by atoms with van der Waals surface area (Å²) in [7, 11) is 1.76. The minimum absolute atomic E-state index is 0.656. The molecule has 2 rings (SSSR count). The molecule has 0 atom stereocenters. The number of methoxy groups -OCH3 is 1. The molecule has 0 amide bonds. The third kappa shape index (κ3) is 2.85. The van der Waals surface area contributed by atoms with E-state index in [0.717, 1.165) is 48.3 Å². The van der Waals surface area contributed by atoms with Crippen molar-refractivity contribution < 1.29 is 4.74 Å². The van der Waals surface area contributed by atoms with E-state index in [4.69, 9.17) is 4.74 Å². The SMILES string of the molecule is COCC1CCN(c2cccc(Br)c2C#N)CC1. The highest BCUT2D eigenvalue weighted by Gasteiger charge is 2.21. The van der Waals surface area contributed by atoms with Gasteiger partial charge in [0, 0.05) is 31.3 Å². The van der Waals surface area contributed by atoms with Gasteiger partial charge in [-0.2, -0.15) is 5.26 Å². The second kappa shape index (κ2) is 6.21. The molecule has 96 valence electrons. The summed E-state index contributed by atoms with van der Waals surface area (Å²) in [5.41, 5.74) is 1.78. The Kier molecular flexibility index (Phi) is 4.62. The molecule has 1 aliphatic rings. The smallest absolute Gasteiger partial charge is 0.103 e. The van der Waals surface area contributed by atoms with E-state index < -0.39 is 0 Å². The number of nitriles is 1. The van der Waals surface area contributed by atoms with Crippen LogP contribution < -0.4 is 4.90 Å². The Morgan fingerprint density at radius 2 is 2.17 bits per heavy atom. The molecule has 0 spiro atoms. The van der Waals surface area contributed by atoms with E-state index in [1.54, 1.807) is 7.11 Å². The molecule has 0 aromatic heterocycles. The zero-order valence-corrected chi connectivity index (χ0v) is 12.1. The van der Waals surface area contributed by atoms with Gasteiger partial charge in [-0.15, -0.1) is 0 Å². The summed E-state index contributed by atoms with van der Waals surface area (Å²) in [6, 6.07) is 8.22. The van der Waals surface area contributed by atoms with Gasteiger partial charge in [0.1, 0.15) is 6.07 Å². The van der Waals surface area contributed by atoms with Crippen LogP contribution in [0.3, 0.4) is 0 Å². The van der Waals surface area contributed by atoms with Crippen molar-refractivity contribution >= 4 is 21.6 Å². The Morgan fingerprint density at radius 1 is 1.44 bits per heavy atom. The van der Waals surface area contributed by atoms with Crippen LogP contribution in [0.4, 0.5) is 5.69 Å². The van der Waals surface area contributed by atoms with Crippen LogP contribution in [-0.4, -0.2) is 26.8 Å². The Bertz CT molecular complexity index is 448. The normalized spacial score (nSPS) is 16.6. The van der Waals surface area contributed by atoms with E-state index in [-0.39, 0.29) is 0 Å². The van der Waals surface area contributed by atoms with Crippen molar-refractivity contribution in [1.29, 1.82) is 5.26 Å². The molecule has 0 saturated carbocycles. The maximum atomic E-state index is 9.24. The molecule has 1 aliphatic heterocycles. The molecule has 1 fully saturated rings. The first-order valence-corrected chi connectivity index (χ1v) is 6.98. The quantitative estimate of drug-likeness (QED) is 0.860. The first-order chi connectivity index (χ1) is 8.76. The van der Waals surface area contributed by atoms with Crippen LogP contribution in [0.5, 0.6) is 0 Å². The van der Waals surface area contributed by atoms with Gasteiger partial charge >= 0.3 is 0 Å². The van der Waals surface area contributed by atoms with Crippen LogP contribution in [0.15, 0.2) is 22.7 Å². The molecule has 0 N–H and O–H groups in total. The van der Waals surface area contributed by atoms with E-state index in [1.165, 1.54) is 0 Å². The van der Waals surface area contributed by atoms with Gasteiger partial charge < -0.3 is 9.64 Å². The number of nitrogens with zero attached hydrogens (tertiary/aromatic N) is 2. The van der Waals surface area contributed by atoms with Gasteiger partial charge in [-0.1, -0.05) is 6.07 Å². The molecule has 1 aromatic rings. The van der Waals surface area contributed by atoms with Crippen LogP contribution in [0.25, 0.3) is 0 Å². The minimum Gasteiger partial charge on any atom is -0.384 e. The molecule has 0 bridgehead atoms. The predicted octanol–water partition coefficient (Wildman–Crippen LogP) is 3.18. The lowest BCUT2D eigenvalue weighted by Crippen LogP contribution is -2.35. The van der Waals surface area contributed by atoms with E-state index in [2.05, 4.69) is 26.9 Å². The fourth-order valence-corrected chi connectivity index (χ4v) is 2.91. The van der Waals surface area contributed by atoms with Crippen LogP contribution in [-0.2, 0) is 4.74 Å². The molecule has 18 heavy (non-hydrogen) atoms. The third-order valence-electron chi connectivity index (χ3n) is 3.46. The molecule has 4 heteroatoms. The number of benzene rings is 1. The van der Waals surface area contributed by atoms with Gasteiger partial charge in [0.25, 0.3) is 0 Å². The molecule has 0 aliphatic carbocycles. The number of anilines is 1. The Balaban J connectivity index is 2.10. The van der Waals surface area contributed by atoms with E-state index in [9.17, 15) is 5.26 Å². The fraction of sp³-hybridized carbons (Fsp3) is 0.500. The van der Waals surface area contributed by atoms with Gasteiger partial charge in [0.2, 0.25) is 0 Å². The van der Waals surface area contributed by atoms with E-state index >= 15 is 0 Å². The molecule has 1 aromatic carbocycles. The summed E-state index contributed by atoms with van der Waals surface area (Å²) >= 11 is 3.44.